The highest BCUT2D eigenvalue weighted by molar-refractivity contribution is 9.10. The van der Waals surface area contributed by atoms with Gasteiger partial charge in [-0.2, -0.15) is 0 Å². The first kappa shape index (κ1) is 19.9. The molecule has 0 aliphatic carbocycles. The molecule has 0 aliphatic heterocycles. The van der Waals surface area contributed by atoms with E-state index in [9.17, 15) is 13.2 Å². The fraction of sp³-hybridized carbons (Fsp3) is 0.211. The Morgan fingerprint density at radius 2 is 1.78 bits per heavy atom. The van der Waals surface area contributed by atoms with Crippen LogP contribution in [0.3, 0.4) is 0 Å². The van der Waals surface area contributed by atoms with Gasteiger partial charge in [-0.25, -0.2) is 8.42 Å². The number of nitrogens with zero attached hydrogens (tertiary/aromatic N) is 1. The summed E-state index contributed by atoms with van der Waals surface area (Å²) in [6.07, 6.45) is 0. The summed E-state index contributed by atoms with van der Waals surface area (Å²) in [5, 5.41) is 3.71. The Morgan fingerprint density at radius 1 is 1.11 bits per heavy atom. The average Bonchev–Trinajstić information content (AvgIpc) is 3.04. The van der Waals surface area contributed by atoms with Crippen molar-refractivity contribution in [2.24, 2.45) is 0 Å². The van der Waals surface area contributed by atoms with Gasteiger partial charge in [0.05, 0.1) is 15.5 Å². The van der Waals surface area contributed by atoms with Crippen molar-refractivity contribution in [3.8, 4) is 0 Å². The standard InChI is InChI=1S/C19H19BrN2O3S2/c1-12(2)21-19(23)18-11-13-10-15(6-9-17(13)26-18)22(3)27(24,25)16-7-4-14(20)5-8-16/h4-12H,1-3H3,(H,21,23). The van der Waals surface area contributed by atoms with Crippen molar-refractivity contribution in [2.75, 3.05) is 11.4 Å². The minimum atomic E-state index is -3.67. The molecule has 0 radical (unpaired) electrons. The topological polar surface area (TPSA) is 66.5 Å². The Bertz CT molecular complexity index is 1090. The Balaban J connectivity index is 1.94. The smallest absolute Gasteiger partial charge is 0.264 e. The van der Waals surface area contributed by atoms with E-state index in [0.29, 0.717) is 10.6 Å². The van der Waals surface area contributed by atoms with Crippen molar-refractivity contribution in [3.05, 3.63) is 57.9 Å². The summed E-state index contributed by atoms with van der Waals surface area (Å²) in [7, 11) is -2.14. The fourth-order valence-electron chi connectivity index (χ4n) is 2.58. The van der Waals surface area contributed by atoms with Gasteiger partial charge < -0.3 is 5.32 Å². The molecule has 1 aromatic heterocycles. The fourth-order valence-corrected chi connectivity index (χ4v) is 4.97. The number of rotatable bonds is 5. The summed E-state index contributed by atoms with van der Waals surface area (Å²) >= 11 is 4.70. The molecule has 1 heterocycles. The van der Waals surface area contributed by atoms with E-state index in [-0.39, 0.29) is 16.8 Å². The second-order valence-electron chi connectivity index (χ2n) is 6.39. The third-order valence-electron chi connectivity index (χ3n) is 3.98. The molecule has 2 aromatic carbocycles. The van der Waals surface area contributed by atoms with Gasteiger partial charge in [0.1, 0.15) is 0 Å². The van der Waals surface area contributed by atoms with Crippen LogP contribution >= 0.6 is 27.3 Å². The zero-order chi connectivity index (χ0) is 19.8. The molecule has 0 bridgehead atoms. The Kier molecular flexibility index (Phi) is 5.60. The van der Waals surface area contributed by atoms with Crippen LogP contribution < -0.4 is 9.62 Å². The zero-order valence-corrected chi connectivity index (χ0v) is 18.3. The van der Waals surface area contributed by atoms with Gasteiger partial charge >= 0.3 is 0 Å². The number of nitrogens with one attached hydrogen (secondary N) is 1. The second-order valence-corrected chi connectivity index (χ2v) is 10.4. The molecule has 0 saturated heterocycles. The largest absolute Gasteiger partial charge is 0.349 e. The van der Waals surface area contributed by atoms with Gasteiger partial charge in [0.15, 0.2) is 0 Å². The molecule has 3 rings (SSSR count). The maximum atomic E-state index is 12.9. The molecular weight excluding hydrogens is 448 g/mol. The van der Waals surface area contributed by atoms with E-state index in [2.05, 4.69) is 21.2 Å². The van der Waals surface area contributed by atoms with Crippen LogP contribution in [0.4, 0.5) is 5.69 Å². The highest BCUT2D eigenvalue weighted by atomic mass is 79.9. The first-order valence-corrected chi connectivity index (χ1v) is 11.3. The van der Waals surface area contributed by atoms with Crippen LogP contribution in [0.25, 0.3) is 10.1 Å². The van der Waals surface area contributed by atoms with Crippen molar-refractivity contribution in [1.29, 1.82) is 0 Å². The third-order valence-corrected chi connectivity index (χ3v) is 7.42. The van der Waals surface area contributed by atoms with Crippen molar-refractivity contribution < 1.29 is 13.2 Å². The van der Waals surface area contributed by atoms with Gasteiger partial charge in [0.2, 0.25) is 0 Å². The van der Waals surface area contributed by atoms with E-state index in [1.54, 1.807) is 42.5 Å². The number of benzene rings is 2. The molecular formula is C19H19BrN2O3S2. The van der Waals surface area contributed by atoms with Crippen LogP contribution in [-0.2, 0) is 10.0 Å². The first-order chi connectivity index (χ1) is 12.7. The van der Waals surface area contributed by atoms with Gasteiger partial charge in [-0.05, 0) is 67.8 Å². The highest BCUT2D eigenvalue weighted by Crippen LogP contribution is 2.31. The minimum absolute atomic E-state index is 0.0560. The van der Waals surface area contributed by atoms with Crippen LogP contribution in [0.15, 0.2) is 57.9 Å². The summed E-state index contributed by atoms with van der Waals surface area (Å²) in [5.74, 6) is -0.122. The van der Waals surface area contributed by atoms with Gasteiger partial charge in [-0.15, -0.1) is 11.3 Å². The Hall–Kier alpha value is -1.90. The van der Waals surface area contributed by atoms with Crippen LogP contribution in [0.1, 0.15) is 23.5 Å². The number of hydrogen-bond acceptors (Lipinski definition) is 4. The minimum Gasteiger partial charge on any atom is -0.349 e. The van der Waals surface area contributed by atoms with Crippen LogP contribution in [0.5, 0.6) is 0 Å². The maximum Gasteiger partial charge on any atom is 0.264 e. The van der Waals surface area contributed by atoms with E-state index in [4.69, 9.17) is 0 Å². The van der Waals surface area contributed by atoms with E-state index in [0.717, 1.165) is 14.6 Å². The lowest BCUT2D eigenvalue weighted by Crippen LogP contribution is -2.29. The quantitative estimate of drug-likeness (QED) is 0.595. The Labute approximate surface area is 171 Å². The predicted molar refractivity (Wildman–Crippen MR) is 114 cm³/mol. The third kappa shape index (κ3) is 4.17. The van der Waals surface area contributed by atoms with Crippen molar-refractivity contribution >= 4 is 59.0 Å². The van der Waals surface area contributed by atoms with Crippen molar-refractivity contribution in [2.45, 2.75) is 24.8 Å². The normalized spacial score (nSPS) is 11.7. The van der Waals surface area contributed by atoms with E-state index in [1.807, 2.05) is 19.9 Å². The van der Waals surface area contributed by atoms with Crippen LogP contribution in [0.2, 0.25) is 0 Å². The SMILES string of the molecule is CC(C)NC(=O)c1cc2cc(N(C)S(=O)(=O)c3ccc(Br)cc3)ccc2s1. The summed E-state index contributed by atoms with van der Waals surface area (Å²) in [6, 6.07) is 13.7. The number of sulfonamides is 1. The van der Waals surface area contributed by atoms with E-state index in [1.165, 1.54) is 22.7 Å². The lowest BCUT2D eigenvalue weighted by atomic mass is 10.2. The number of fused-ring (bicyclic) bond motifs is 1. The predicted octanol–water partition coefficient (Wildman–Crippen LogP) is 4.63. The summed E-state index contributed by atoms with van der Waals surface area (Å²) in [6.45, 7) is 3.82. The molecule has 1 amide bonds. The molecule has 5 nitrogen and oxygen atoms in total. The highest BCUT2D eigenvalue weighted by Gasteiger charge is 2.22. The van der Waals surface area contributed by atoms with Crippen molar-refractivity contribution in [1.82, 2.24) is 5.32 Å². The molecule has 0 fully saturated rings. The number of anilines is 1. The number of amides is 1. The summed E-state index contributed by atoms with van der Waals surface area (Å²) in [4.78, 5) is 13.0. The van der Waals surface area contributed by atoms with E-state index < -0.39 is 10.0 Å². The molecule has 142 valence electrons. The molecule has 3 aromatic rings. The molecule has 8 heteroatoms. The zero-order valence-electron chi connectivity index (χ0n) is 15.1. The molecule has 1 N–H and O–H groups in total. The number of hydrogen-bond donors (Lipinski definition) is 1. The maximum absolute atomic E-state index is 12.9. The van der Waals surface area contributed by atoms with Gasteiger partial charge in [-0.1, -0.05) is 15.9 Å². The van der Waals surface area contributed by atoms with E-state index >= 15 is 0 Å². The number of carbonyl (C=O) groups excluding carboxylic acids is 1. The Morgan fingerprint density at radius 3 is 2.41 bits per heavy atom. The van der Waals surface area contributed by atoms with Crippen LogP contribution in [-0.4, -0.2) is 27.4 Å². The second kappa shape index (κ2) is 7.61. The molecule has 0 aliphatic rings. The lowest BCUT2D eigenvalue weighted by Gasteiger charge is -2.19. The molecule has 0 atom stereocenters. The molecule has 27 heavy (non-hydrogen) atoms. The van der Waals surface area contributed by atoms with Crippen LogP contribution in [0, 0.1) is 0 Å². The molecule has 0 saturated carbocycles. The monoisotopic (exact) mass is 466 g/mol. The van der Waals surface area contributed by atoms with Gasteiger partial charge in [-0.3, -0.25) is 9.10 Å². The van der Waals surface area contributed by atoms with Gasteiger partial charge in [0.25, 0.3) is 15.9 Å². The average molecular weight is 467 g/mol. The molecule has 0 unspecified atom stereocenters. The summed E-state index contributed by atoms with van der Waals surface area (Å²) in [5.41, 5.74) is 0.541. The summed E-state index contributed by atoms with van der Waals surface area (Å²) < 4.78 is 28.7. The number of halogens is 1. The van der Waals surface area contributed by atoms with Crippen molar-refractivity contribution in [3.63, 3.8) is 0 Å². The first-order valence-electron chi connectivity index (χ1n) is 8.27. The number of thiophene rings is 1. The lowest BCUT2D eigenvalue weighted by molar-refractivity contribution is 0.0947. The number of carbonyl (C=O) groups is 1. The van der Waals surface area contributed by atoms with Gasteiger partial charge in [0, 0.05) is 22.3 Å². The molecule has 0 spiro atoms.